The molecule has 0 saturated carbocycles. The summed E-state index contributed by atoms with van der Waals surface area (Å²) in [6.45, 7) is -0.256. The van der Waals surface area contributed by atoms with Gasteiger partial charge in [0.25, 0.3) is 0 Å². The Kier molecular flexibility index (Phi) is 6.64. The maximum Gasteiger partial charge on any atom is 0.573 e. The summed E-state index contributed by atoms with van der Waals surface area (Å²) in [6.07, 6.45) is -4.78. The number of aliphatic carboxylic acids is 1. The Morgan fingerprint density at radius 1 is 1.18 bits per heavy atom. The van der Waals surface area contributed by atoms with Crippen molar-refractivity contribution in [2.45, 2.75) is 12.8 Å². The lowest BCUT2D eigenvalue weighted by Crippen LogP contribution is -2.29. The highest BCUT2D eigenvalue weighted by Gasteiger charge is 2.30. The second kappa shape index (κ2) is 8.23. The van der Waals surface area contributed by atoms with Crippen molar-refractivity contribution in [3.05, 3.63) is 29.8 Å². The maximum atomic E-state index is 12.0. The lowest BCUT2D eigenvalue weighted by Gasteiger charge is -2.09. The Bertz CT molecular complexity index is 501. The highest BCUT2D eigenvalue weighted by atomic mass is 19.4. The van der Waals surface area contributed by atoms with Crippen molar-refractivity contribution in [3.8, 4) is 5.75 Å². The molecule has 0 aliphatic heterocycles. The molecular weight excluding hydrogens is 307 g/mol. The molecule has 9 heteroatoms. The van der Waals surface area contributed by atoms with Crippen molar-refractivity contribution in [2.24, 2.45) is 0 Å². The number of amides is 1. The first-order valence-electron chi connectivity index (χ1n) is 6.17. The fourth-order valence-electron chi connectivity index (χ4n) is 1.48. The number of benzene rings is 1. The zero-order valence-electron chi connectivity index (χ0n) is 11.4. The van der Waals surface area contributed by atoms with Crippen molar-refractivity contribution in [2.75, 3.05) is 19.8 Å². The maximum absolute atomic E-state index is 12.0. The van der Waals surface area contributed by atoms with Crippen LogP contribution in [0, 0.1) is 0 Å². The third-order valence-electron chi connectivity index (χ3n) is 2.32. The van der Waals surface area contributed by atoms with Gasteiger partial charge in [-0.2, -0.15) is 0 Å². The van der Waals surface area contributed by atoms with Gasteiger partial charge < -0.3 is 19.9 Å². The van der Waals surface area contributed by atoms with Gasteiger partial charge in [0.15, 0.2) is 0 Å². The highest BCUT2D eigenvalue weighted by molar-refractivity contribution is 5.78. The molecule has 2 N–H and O–H groups in total. The van der Waals surface area contributed by atoms with Crippen molar-refractivity contribution in [1.29, 1.82) is 0 Å². The zero-order valence-corrected chi connectivity index (χ0v) is 11.4. The normalized spacial score (nSPS) is 11.0. The van der Waals surface area contributed by atoms with E-state index in [9.17, 15) is 22.8 Å². The fourth-order valence-corrected chi connectivity index (χ4v) is 1.48. The molecule has 0 fully saturated rings. The summed E-state index contributed by atoms with van der Waals surface area (Å²) in [6, 6.07) is 4.93. The van der Waals surface area contributed by atoms with Gasteiger partial charge in [0, 0.05) is 6.54 Å². The largest absolute Gasteiger partial charge is 0.573 e. The summed E-state index contributed by atoms with van der Waals surface area (Å²) in [5, 5.41) is 10.8. The van der Waals surface area contributed by atoms with Crippen molar-refractivity contribution < 1.29 is 37.3 Å². The van der Waals surface area contributed by atoms with Gasteiger partial charge >= 0.3 is 12.3 Å². The lowest BCUT2D eigenvalue weighted by atomic mass is 10.1. The number of hydrogen-bond acceptors (Lipinski definition) is 4. The van der Waals surface area contributed by atoms with Gasteiger partial charge in [0.1, 0.15) is 12.4 Å². The quantitative estimate of drug-likeness (QED) is 0.706. The average Bonchev–Trinajstić information content (AvgIpc) is 2.38. The predicted molar refractivity (Wildman–Crippen MR) is 68.3 cm³/mol. The van der Waals surface area contributed by atoms with Crippen LogP contribution in [-0.4, -0.2) is 43.1 Å². The molecule has 0 unspecified atom stereocenters. The minimum Gasteiger partial charge on any atom is -0.480 e. The summed E-state index contributed by atoms with van der Waals surface area (Å²) in [5.41, 5.74) is 0.512. The van der Waals surface area contributed by atoms with Gasteiger partial charge in [0.05, 0.1) is 13.0 Å². The van der Waals surface area contributed by atoms with Crippen LogP contribution in [0.3, 0.4) is 0 Å². The standard InChI is InChI=1S/C13H14F3NO5/c14-13(15,16)22-10-3-1-9(2-4-10)7-11(18)17-5-6-21-8-12(19)20/h1-4H,5-8H2,(H,17,18)(H,19,20). The Labute approximate surface area is 123 Å². The van der Waals surface area contributed by atoms with E-state index in [0.717, 1.165) is 12.1 Å². The molecule has 6 nitrogen and oxygen atoms in total. The van der Waals surface area contributed by atoms with E-state index in [1.54, 1.807) is 0 Å². The van der Waals surface area contributed by atoms with Crippen LogP contribution >= 0.6 is 0 Å². The molecule has 0 spiro atoms. The Hall–Kier alpha value is -2.29. The first kappa shape index (κ1) is 17.8. The fraction of sp³-hybridized carbons (Fsp3) is 0.385. The van der Waals surface area contributed by atoms with E-state index >= 15 is 0 Å². The molecule has 0 heterocycles. The van der Waals surface area contributed by atoms with E-state index < -0.39 is 18.9 Å². The van der Waals surface area contributed by atoms with E-state index in [1.165, 1.54) is 12.1 Å². The number of nitrogens with one attached hydrogen (secondary N) is 1. The smallest absolute Gasteiger partial charge is 0.480 e. The topological polar surface area (TPSA) is 84.9 Å². The molecule has 0 atom stereocenters. The highest BCUT2D eigenvalue weighted by Crippen LogP contribution is 2.22. The number of carbonyl (C=O) groups is 2. The molecule has 0 aliphatic rings. The molecule has 0 aromatic heterocycles. The third-order valence-corrected chi connectivity index (χ3v) is 2.32. The average molecular weight is 321 g/mol. The Morgan fingerprint density at radius 3 is 2.36 bits per heavy atom. The van der Waals surface area contributed by atoms with Gasteiger partial charge in [-0.05, 0) is 17.7 Å². The van der Waals surface area contributed by atoms with Crippen LogP contribution in [0.1, 0.15) is 5.56 Å². The van der Waals surface area contributed by atoms with Gasteiger partial charge in [-0.3, -0.25) is 4.79 Å². The number of carbonyl (C=O) groups excluding carboxylic acids is 1. The summed E-state index contributed by atoms with van der Waals surface area (Å²) in [4.78, 5) is 21.7. The van der Waals surface area contributed by atoms with Crippen molar-refractivity contribution >= 4 is 11.9 Å². The monoisotopic (exact) mass is 321 g/mol. The molecule has 22 heavy (non-hydrogen) atoms. The van der Waals surface area contributed by atoms with Gasteiger partial charge in [-0.25, -0.2) is 4.79 Å². The molecule has 0 saturated heterocycles. The van der Waals surface area contributed by atoms with Crippen molar-refractivity contribution in [1.82, 2.24) is 5.32 Å². The van der Waals surface area contributed by atoms with E-state index in [4.69, 9.17) is 9.84 Å². The van der Waals surface area contributed by atoms with Crippen LogP contribution in [0.25, 0.3) is 0 Å². The zero-order chi connectivity index (χ0) is 16.6. The van der Waals surface area contributed by atoms with Crippen LogP contribution in [0.5, 0.6) is 5.75 Å². The van der Waals surface area contributed by atoms with Gasteiger partial charge in [-0.1, -0.05) is 12.1 Å². The van der Waals surface area contributed by atoms with E-state index in [2.05, 4.69) is 10.1 Å². The summed E-state index contributed by atoms with van der Waals surface area (Å²) in [7, 11) is 0. The molecule has 122 valence electrons. The van der Waals surface area contributed by atoms with Gasteiger partial charge in [0.2, 0.25) is 5.91 Å². The second-order valence-electron chi connectivity index (χ2n) is 4.16. The number of carboxylic acid groups (broad SMARTS) is 1. The Morgan fingerprint density at radius 2 is 1.82 bits per heavy atom. The van der Waals surface area contributed by atoms with E-state index in [-0.39, 0.29) is 31.2 Å². The second-order valence-corrected chi connectivity index (χ2v) is 4.16. The molecule has 0 aliphatic carbocycles. The molecule has 1 rings (SSSR count). The molecule has 0 bridgehead atoms. The lowest BCUT2D eigenvalue weighted by molar-refractivity contribution is -0.274. The first-order valence-corrected chi connectivity index (χ1v) is 6.17. The number of rotatable bonds is 8. The summed E-state index contributed by atoms with van der Waals surface area (Å²) < 4.78 is 44.3. The van der Waals surface area contributed by atoms with Crippen LogP contribution < -0.4 is 10.1 Å². The summed E-state index contributed by atoms with van der Waals surface area (Å²) >= 11 is 0. The van der Waals surface area contributed by atoms with E-state index in [0.29, 0.717) is 5.56 Å². The van der Waals surface area contributed by atoms with Crippen LogP contribution in [0.2, 0.25) is 0 Å². The van der Waals surface area contributed by atoms with Crippen molar-refractivity contribution in [3.63, 3.8) is 0 Å². The molecule has 1 amide bonds. The number of halogens is 3. The minimum atomic E-state index is -4.76. The summed E-state index contributed by atoms with van der Waals surface area (Å²) in [5.74, 6) is -1.82. The molecule has 1 aromatic rings. The van der Waals surface area contributed by atoms with Crippen LogP contribution in [-0.2, 0) is 20.7 Å². The van der Waals surface area contributed by atoms with Crippen LogP contribution in [0.4, 0.5) is 13.2 Å². The minimum absolute atomic E-state index is 0.0226. The Balaban J connectivity index is 2.31. The molecule has 0 radical (unpaired) electrons. The first-order chi connectivity index (χ1) is 10.3. The number of hydrogen-bond donors (Lipinski definition) is 2. The predicted octanol–water partition coefficient (Wildman–Crippen LogP) is 1.35. The SMILES string of the molecule is O=C(O)COCCNC(=O)Cc1ccc(OC(F)(F)F)cc1. The third kappa shape index (κ3) is 8.10. The molecule has 1 aromatic carbocycles. The number of ether oxygens (including phenoxy) is 2. The number of carboxylic acids is 1. The van der Waals surface area contributed by atoms with E-state index in [1.807, 2.05) is 0 Å². The molecular formula is C13H14F3NO5. The number of alkyl halides is 3. The van der Waals surface area contributed by atoms with Crippen LogP contribution in [0.15, 0.2) is 24.3 Å². The van der Waals surface area contributed by atoms with Gasteiger partial charge in [-0.15, -0.1) is 13.2 Å².